The Kier molecular flexibility index (Phi) is 11.9. The van der Waals surface area contributed by atoms with Gasteiger partial charge in [-0.2, -0.15) is 0 Å². The molecule has 0 saturated heterocycles. The number of hydrogen-bond acceptors (Lipinski definition) is 8. The van der Waals surface area contributed by atoms with Gasteiger partial charge in [-0.15, -0.1) is 11.8 Å². The molecule has 238 valence electrons. The van der Waals surface area contributed by atoms with Gasteiger partial charge >= 0.3 is 0 Å². The minimum Gasteiger partial charge on any atom is -0.495 e. The first kappa shape index (κ1) is 33.8. The molecule has 0 heterocycles. The Labute approximate surface area is 276 Å². The largest absolute Gasteiger partial charge is 0.495 e. The average Bonchev–Trinajstić information content (AvgIpc) is 3.07. The van der Waals surface area contributed by atoms with Crippen molar-refractivity contribution in [1.82, 2.24) is 5.32 Å². The lowest BCUT2D eigenvalue weighted by atomic mass is 10.1. The molecular formula is C34H32ClN3O7S. The summed E-state index contributed by atoms with van der Waals surface area (Å²) in [6.45, 7) is 0. The molecule has 4 aromatic carbocycles. The fourth-order valence-corrected chi connectivity index (χ4v) is 5.20. The fraction of sp³-hybridized carbons (Fsp3) is 0.147. The third kappa shape index (κ3) is 8.96. The third-order valence-corrected chi connectivity index (χ3v) is 7.75. The predicted octanol–water partition coefficient (Wildman–Crippen LogP) is 6.51. The van der Waals surface area contributed by atoms with Crippen molar-refractivity contribution in [2.45, 2.75) is 4.90 Å². The molecule has 3 N–H and O–H groups in total. The summed E-state index contributed by atoms with van der Waals surface area (Å²) in [6, 6.07) is 23.9. The Morgan fingerprint density at radius 2 is 1.46 bits per heavy atom. The van der Waals surface area contributed by atoms with Gasteiger partial charge in [0.05, 0.1) is 44.9 Å². The van der Waals surface area contributed by atoms with Crippen molar-refractivity contribution in [2.75, 3.05) is 44.8 Å². The van der Waals surface area contributed by atoms with Crippen LogP contribution in [0.4, 0.5) is 11.4 Å². The molecule has 46 heavy (non-hydrogen) atoms. The molecule has 0 spiro atoms. The van der Waals surface area contributed by atoms with Crippen molar-refractivity contribution in [3.05, 3.63) is 107 Å². The molecule has 4 aromatic rings. The van der Waals surface area contributed by atoms with E-state index >= 15 is 0 Å². The summed E-state index contributed by atoms with van der Waals surface area (Å²) in [5.74, 6) is 0.591. The molecule has 3 amide bonds. The van der Waals surface area contributed by atoms with Crippen LogP contribution >= 0.6 is 23.4 Å². The molecule has 0 atom stereocenters. The highest BCUT2D eigenvalue weighted by Crippen LogP contribution is 2.36. The molecule has 0 radical (unpaired) electrons. The Bertz CT molecular complexity index is 1750. The van der Waals surface area contributed by atoms with Crippen molar-refractivity contribution >= 4 is 58.5 Å². The third-order valence-electron chi connectivity index (χ3n) is 6.46. The molecule has 0 saturated carbocycles. The van der Waals surface area contributed by atoms with Gasteiger partial charge in [-0.25, -0.2) is 0 Å². The Hall–Kier alpha value is -5.13. The zero-order valence-corrected chi connectivity index (χ0v) is 27.1. The number of anilines is 2. The number of benzene rings is 4. The highest BCUT2D eigenvalue weighted by Gasteiger charge is 2.17. The van der Waals surface area contributed by atoms with Gasteiger partial charge in [-0.3, -0.25) is 14.4 Å². The summed E-state index contributed by atoms with van der Waals surface area (Å²) >= 11 is 7.49. The summed E-state index contributed by atoms with van der Waals surface area (Å²) in [5, 5.41) is 8.68. The maximum absolute atomic E-state index is 13.5. The van der Waals surface area contributed by atoms with Crippen molar-refractivity contribution < 1.29 is 33.3 Å². The van der Waals surface area contributed by atoms with Crippen LogP contribution in [0, 0.1) is 0 Å². The van der Waals surface area contributed by atoms with Crippen LogP contribution in [-0.2, 0) is 9.59 Å². The highest BCUT2D eigenvalue weighted by atomic mass is 35.5. The van der Waals surface area contributed by atoms with Crippen LogP contribution in [0.2, 0.25) is 5.02 Å². The van der Waals surface area contributed by atoms with Crippen LogP contribution in [0.25, 0.3) is 6.08 Å². The standard InChI is InChI=1S/C34H32ClN3O7S/c1-42-28-14-13-21(16-31(28)45-4)15-27(38-33(40)22-9-6-5-7-10-22)34(41)36-23-11-8-12-24(17-23)46-20-32(39)37-26-18-25(35)29(43-2)19-30(26)44-3/h5-19H,20H2,1-4H3,(H,36,41)(H,37,39)(H,38,40)/b27-15+. The maximum atomic E-state index is 13.5. The van der Waals surface area contributed by atoms with Gasteiger partial charge in [0.1, 0.15) is 17.2 Å². The van der Waals surface area contributed by atoms with Gasteiger partial charge in [0.25, 0.3) is 11.8 Å². The highest BCUT2D eigenvalue weighted by molar-refractivity contribution is 8.00. The van der Waals surface area contributed by atoms with Gasteiger partial charge in [0, 0.05) is 22.2 Å². The number of amides is 3. The molecule has 10 nitrogen and oxygen atoms in total. The Morgan fingerprint density at radius 1 is 0.739 bits per heavy atom. The first-order valence-electron chi connectivity index (χ1n) is 13.8. The number of nitrogens with one attached hydrogen (secondary N) is 3. The van der Waals surface area contributed by atoms with Gasteiger partial charge in [-0.1, -0.05) is 41.9 Å². The number of carbonyl (C=O) groups excluding carboxylic acids is 3. The average molecular weight is 662 g/mol. The van der Waals surface area contributed by atoms with E-state index < -0.39 is 11.8 Å². The molecule has 0 bridgehead atoms. The molecule has 0 aliphatic carbocycles. The number of rotatable bonds is 13. The van der Waals surface area contributed by atoms with Crippen molar-refractivity contribution in [1.29, 1.82) is 0 Å². The lowest BCUT2D eigenvalue weighted by Gasteiger charge is -2.14. The second-order valence-corrected chi connectivity index (χ2v) is 11.0. The molecule has 4 rings (SSSR count). The first-order valence-corrected chi connectivity index (χ1v) is 15.2. The topological polar surface area (TPSA) is 124 Å². The van der Waals surface area contributed by atoms with Crippen molar-refractivity contribution in [3.8, 4) is 23.0 Å². The number of hydrogen-bond donors (Lipinski definition) is 3. The smallest absolute Gasteiger partial charge is 0.272 e. The minimum absolute atomic E-state index is 0.00519. The Morgan fingerprint density at radius 3 is 2.15 bits per heavy atom. The van der Waals surface area contributed by atoms with Gasteiger partial charge < -0.3 is 34.9 Å². The van der Waals surface area contributed by atoms with E-state index in [0.717, 1.165) is 4.90 Å². The fourth-order valence-electron chi connectivity index (χ4n) is 4.21. The molecule has 0 unspecified atom stereocenters. The SMILES string of the molecule is COc1cc(OC)c(NC(=O)CSc2cccc(NC(=O)/C(=C\c3ccc(OC)c(OC)c3)NC(=O)c3ccccc3)c2)cc1Cl. The molecule has 0 aliphatic heterocycles. The molecule has 0 aromatic heterocycles. The minimum atomic E-state index is -0.553. The summed E-state index contributed by atoms with van der Waals surface area (Å²) in [5.41, 5.74) is 1.86. The van der Waals surface area contributed by atoms with Crippen molar-refractivity contribution in [2.24, 2.45) is 0 Å². The number of halogens is 1. The normalized spacial score (nSPS) is 10.8. The van der Waals surface area contributed by atoms with Crippen LogP contribution in [0.3, 0.4) is 0 Å². The van der Waals surface area contributed by atoms with Crippen LogP contribution in [-0.4, -0.2) is 51.9 Å². The number of thioether (sulfide) groups is 1. The van der Waals surface area contributed by atoms with E-state index in [1.165, 1.54) is 40.2 Å². The van der Waals surface area contributed by atoms with Gasteiger partial charge in [0.15, 0.2) is 11.5 Å². The van der Waals surface area contributed by atoms with E-state index in [4.69, 9.17) is 30.5 Å². The predicted molar refractivity (Wildman–Crippen MR) is 180 cm³/mol. The number of ether oxygens (including phenoxy) is 4. The van der Waals surface area contributed by atoms with E-state index in [1.54, 1.807) is 84.9 Å². The van der Waals surface area contributed by atoms with Gasteiger partial charge in [-0.05, 0) is 60.2 Å². The molecular weight excluding hydrogens is 630 g/mol. The van der Waals surface area contributed by atoms with Gasteiger partial charge in [0.2, 0.25) is 5.91 Å². The maximum Gasteiger partial charge on any atom is 0.272 e. The number of carbonyl (C=O) groups is 3. The lowest BCUT2D eigenvalue weighted by molar-refractivity contribution is -0.114. The zero-order chi connectivity index (χ0) is 33.1. The van der Waals surface area contributed by atoms with E-state index in [-0.39, 0.29) is 17.4 Å². The summed E-state index contributed by atoms with van der Waals surface area (Å²) in [7, 11) is 6.01. The zero-order valence-electron chi connectivity index (χ0n) is 25.5. The molecule has 0 fully saturated rings. The lowest BCUT2D eigenvalue weighted by Crippen LogP contribution is -2.30. The first-order chi connectivity index (χ1) is 22.2. The van der Waals surface area contributed by atoms with E-state index in [2.05, 4.69) is 16.0 Å². The molecule has 0 aliphatic rings. The monoisotopic (exact) mass is 661 g/mol. The van der Waals surface area contributed by atoms with Crippen molar-refractivity contribution in [3.63, 3.8) is 0 Å². The van der Waals surface area contributed by atoms with E-state index in [1.807, 2.05) is 6.07 Å². The van der Waals surface area contributed by atoms with Crippen LogP contribution in [0.15, 0.2) is 95.5 Å². The van der Waals surface area contributed by atoms with E-state index in [9.17, 15) is 14.4 Å². The van der Waals surface area contributed by atoms with E-state index in [0.29, 0.717) is 50.5 Å². The number of methoxy groups -OCH3 is 4. The van der Waals surface area contributed by atoms with Crippen LogP contribution < -0.4 is 34.9 Å². The summed E-state index contributed by atoms with van der Waals surface area (Å²) in [6.07, 6.45) is 1.54. The summed E-state index contributed by atoms with van der Waals surface area (Å²) in [4.78, 5) is 40.0. The quantitative estimate of drug-likeness (QED) is 0.109. The summed E-state index contributed by atoms with van der Waals surface area (Å²) < 4.78 is 21.2. The second kappa shape index (κ2) is 16.3. The Balaban J connectivity index is 1.49. The van der Waals surface area contributed by atoms with Crippen LogP contribution in [0.1, 0.15) is 15.9 Å². The molecule has 12 heteroatoms. The second-order valence-electron chi connectivity index (χ2n) is 9.50. The van der Waals surface area contributed by atoms with Crippen LogP contribution in [0.5, 0.6) is 23.0 Å².